The van der Waals surface area contributed by atoms with Gasteiger partial charge in [-0.15, -0.1) is 12.4 Å². The predicted molar refractivity (Wildman–Crippen MR) is 83.8 cm³/mol. The molecule has 1 saturated heterocycles. The highest BCUT2D eigenvalue weighted by Gasteiger charge is 2.26. The van der Waals surface area contributed by atoms with Crippen molar-refractivity contribution in [2.75, 3.05) is 13.1 Å². The van der Waals surface area contributed by atoms with Gasteiger partial charge >= 0.3 is 0 Å². The van der Waals surface area contributed by atoms with Crippen LogP contribution in [0, 0.1) is 18.7 Å². The zero-order valence-electron chi connectivity index (χ0n) is 12.2. The average Bonchev–Trinajstić information content (AvgIpc) is 2.38. The van der Waals surface area contributed by atoms with Crippen LogP contribution in [0.4, 0.5) is 4.39 Å². The molecule has 0 aromatic heterocycles. The van der Waals surface area contributed by atoms with Crippen LogP contribution in [0.5, 0.6) is 0 Å². The summed E-state index contributed by atoms with van der Waals surface area (Å²) in [7, 11) is -3.60. The molecular formula is C14H22ClFN2O2S. The summed E-state index contributed by atoms with van der Waals surface area (Å²) in [6, 6.07) is 3.59. The summed E-state index contributed by atoms with van der Waals surface area (Å²) < 4.78 is 40.5. The summed E-state index contributed by atoms with van der Waals surface area (Å²) in [6.45, 7) is 5.30. The van der Waals surface area contributed by atoms with Gasteiger partial charge in [-0.1, -0.05) is 0 Å². The third kappa shape index (κ3) is 4.64. The first-order valence-electron chi connectivity index (χ1n) is 6.89. The quantitative estimate of drug-likeness (QED) is 0.886. The van der Waals surface area contributed by atoms with Gasteiger partial charge in [-0.05, 0) is 69.5 Å². The van der Waals surface area contributed by atoms with E-state index < -0.39 is 15.8 Å². The Morgan fingerprint density at radius 3 is 2.71 bits per heavy atom. The number of hydrogen-bond acceptors (Lipinski definition) is 3. The molecule has 2 atom stereocenters. The molecule has 1 fully saturated rings. The number of nitrogens with one attached hydrogen (secondary N) is 2. The Balaban J connectivity index is 0.00000220. The van der Waals surface area contributed by atoms with Gasteiger partial charge in [0.2, 0.25) is 10.0 Å². The highest BCUT2D eigenvalue weighted by atomic mass is 35.5. The largest absolute Gasteiger partial charge is 0.316 e. The summed E-state index contributed by atoms with van der Waals surface area (Å²) >= 11 is 0. The molecule has 0 amide bonds. The van der Waals surface area contributed by atoms with Crippen LogP contribution in [0.3, 0.4) is 0 Å². The summed E-state index contributed by atoms with van der Waals surface area (Å²) in [5.41, 5.74) is 0.423. The number of hydrogen-bond donors (Lipinski definition) is 2. The standard InChI is InChI=1S/C14H21FN2O2S.ClH/c1-10-8-13(15)5-6-14(10)20(18,19)17-11(2)12-4-3-7-16-9-12;/h5-6,8,11-12,16-17H,3-4,7,9H2,1-2H3;1H. The molecule has 21 heavy (non-hydrogen) atoms. The van der Waals surface area contributed by atoms with E-state index in [1.165, 1.54) is 18.2 Å². The van der Waals surface area contributed by atoms with Crippen LogP contribution < -0.4 is 10.0 Å². The molecule has 1 aromatic rings. The van der Waals surface area contributed by atoms with E-state index in [1.54, 1.807) is 6.92 Å². The van der Waals surface area contributed by atoms with Crippen LogP contribution in [-0.4, -0.2) is 27.5 Å². The molecule has 0 radical (unpaired) electrons. The van der Waals surface area contributed by atoms with Crippen molar-refractivity contribution in [2.24, 2.45) is 5.92 Å². The Kier molecular flexibility index (Phi) is 6.59. The minimum atomic E-state index is -3.60. The molecule has 1 aromatic carbocycles. The van der Waals surface area contributed by atoms with Crippen molar-refractivity contribution in [1.82, 2.24) is 10.0 Å². The summed E-state index contributed by atoms with van der Waals surface area (Å²) in [5.74, 6) is -0.134. The van der Waals surface area contributed by atoms with Crippen LogP contribution >= 0.6 is 12.4 Å². The maximum atomic E-state index is 13.1. The lowest BCUT2D eigenvalue weighted by atomic mass is 9.94. The number of sulfonamides is 1. The van der Waals surface area contributed by atoms with Crippen molar-refractivity contribution in [1.29, 1.82) is 0 Å². The molecular weight excluding hydrogens is 315 g/mol. The maximum Gasteiger partial charge on any atom is 0.241 e. The van der Waals surface area contributed by atoms with Crippen LogP contribution in [0.25, 0.3) is 0 Å². The number of aryl methyl sites for hydroxylation is 1. The Morgan fingerprint density at radius 2 is 2.14 bits per heavy atom. The molecule has 0 aliphatic carbocycles. The van der Waals surface area contributed by atoms with Gasteiger partial charge in [0.05, 0.1) is 4.90 Å². The summed E-state index contributed by atoms with van der Waals surface area (Å²) in [6.07, 6.45) is 2.07. The second-order valence-electron chi connectivity index (χ2n) is 5.43. The van der Waals surface area contributed by atoms with Gasteiger partial charge < -0.3 is 5.32 Å². The van der Waals surface area contributed by atoms with Crippen molar-refractivity contribution >= 4 is 22.4 Å². The highest BCUT2D eigenvalue weighted by Crippen LogP contribution is 2.19. The Labute approximate surface area is 132 Å². The van der Waals surface area contributed by atoms with E-state index in [0.717, 1.165) is 25.9 Å². The molecule has 1 aliphatic heterocycles. The van der Waals surface area contributed by atoms with Gasteiger partial charge in [0.25, 0.3) is 0 Å². The fourth-order valence-electron chi connectivity index (χ4n) is 2.62. The number of piperidine rings is 1. The zero-order chi connectivity index (χ0) is 14.8. The van der Waals surface area contributed by atoms with Crippen LogP contribution in [0.15, 0.2) is 23.1 Å². The Bertz CT molecular complexity index is 574. The lowest BCUT2D eigenvalue weighted by Crippen LogP contribution is -2.44. The number of halogens is 2. The Morgan fingerprint density at radius 1 is 1.43 bits per heavy atom. The van der Waals surface area contributed by atoms with Gasteiger partial charge in [-0.2, -0.15) is 0 Å². The molecule has 4 nitrogen and oxygen atoms in total. The summed E-state index contributed by atoms with van der Waals surface area (Å²) in [5, 5.41) is 3.28. The fraction of sp³-hybridized carbons (Fsp3) is 0.571. The second-order valence-corrected chi connectivity index (χ2v) is 7.11. The van der Waals surface area contributed by atoms with Crippen molar-refractivity contribution in [2.45, 2.75) is 37.6 Å². The van der Waals surface area contributed by atoms with Crippen molar-refractivity contribution in [3.63, 3.8) is 0 Å². The molecule has 2 N–H and O–H groups in total. The smallest absolute Gasteiger partial charge is 0.241 e. The molecule has 2 unspecified atom stereocenters. The van der Waals surface area contributed by atoms with Gasteiger partial charge in [-0.3, -0.25) is 0 Å². The molecule has 120 valence electrons. The molecule has 1 aliphatic rings. The number of rotatable bonds is 4. The van der Waals surface area contributed by atoms with E-state index in [-0.39, 0.29) is 23.3 Å². The molecule has 0 spiro atoms. The molecule has 1 heterocycles. The first-order valence-corrected chi connectivity index (χ1v) is 8.37. The minimum absolute atomic E-state index is 0. The van der Waals surface area contributed by atoms with Crippen molar-refractivity contribution < 1.29 is 12.8 Å². The van der Waals surface area contributed by atoms with Crippen LogP contribution in [-0.2, 0) is 10.0 Å². The fourth-order valence-corrected chi connectivity index (χ4v) is 4.16. The first kappa shape index (κ1) is 18.4. The van der Waals surface area contributed by atoms with Crippen LogP contribution in [0.2, 0.25) is 0 Å². The second kappa shape index (κ2) is 7.54. The van der Waals surface area contributed by atoms with Crippen molar-refractivity contribution in [3.8, 4) is 0 Å². The predicted octanol–water partition coefficient (Wildman–Crippen LogP) is 2.22. The first-order chi connectivity index (χ1) is 9.40. The molecule has 7 heteroatoms. The zero-order valence-corrected chi connectivity index (χ0v) is 13.9. The maximum absolute atomic E-state index is 13.1. The van der Waals surface area contributed by atoms with Gasteiger partial charge in [0.1, 0.15) is 5.82 Å². The topological polar surface area (TPSA) is 58.2 Å². The van der Waals surface area contributed by atoms with Gasteiger partial charge in [0.15, 0.2) is 0 Å². The lowest BCUT2D eigenvalue weighted by Gasteiger charge is -2.28. The molecule has 0 bridgehead atoms. The van der Waals surface area contributed by atoms with E-state index in [0.29, 0.717) is 11.5 Å². The third-order valence-electron chi connectivity index (χ3n) is 3.81. The van der Waals surface area contributed by atoms with E-state index in [2.05, 4.69) is 10.0 Å². The average molecular weight is 337 g/mol. The van der Waals surface area contributed by atoms with E-state index in [1.807, 2.05) is 6.92 Å². The van der Waals surface area contributed by atoms with Gasteiger partial charge in [0, 0.05) is 6.04 Å². The van der Waals surface area contributed by atoms with Crippen LogP contribution in [0.1, 0.15) is 25.3 Å². The summed E-state index contributed by atoms with van der Waals surface area (Å²) in [4.78, 5) is 0.148. The normalized spacial score (nSPS) is 20.6. The van der Waals surface area contributed by atoms with Crippen molar-refractivity contribution in [3.05, 3.63) is 29.6 Å². The third-order valence-corrected chi connectivity index (χ3v) is 5.53. The van der Waals surface area contributed by atoms with E-state index >= 15 is 0 Å². The lowest BCUT2D eigenvalue weighted by molar-refractivity contribution is 0.320. The van der Waals surface area contributed by atoms with Gasteiger partial charge in [-0.25, -0.2) is 17.5 Å². The van der Waals surface area contributed by atoms with E-state index in [9.17, 15) is 12.8 Å². The minimum Gasteiger partial charge on any atom is -0.316 e. The molecule has 2 rings (SSSR count). The highest BCUT2D eigenvalue weighted by molar-refractivity contribution is 7.89. The number of benzene rings is 1. The van der Waals surface area contributed by atoms with E-state index in [4.69, 9.17) is 0 Å². The monoisotopic (exact) mass is 336 g/mol. The Hall–Kier alpha value is -0.690. The molecule has 0 saturated carbocycles. The SMILES string of the molecule is Cc1cc(F)ccc1S(=O)(=O)NC(C)C1CCCNC1.Cl.